The van der Waals surface area contributed by atoms with Crippen molar-refractivity contribution >= 4 is 28.5 Å². The zero-order valence-corrected chi connectivity index (χ0v) is 19.3. The Bertz CT molecular complexity index is 1270. The van der Waals surface area contributed by atoms with Gasteiger partial charge in [-0.3, -0.25) is 14.2 Å². The second-order valence-electron chi connectivity index (χ2n) is 8.95. The minimum absolute atomic E-state index is 0.0967. The number of carbonyl (C=O) groups excluding carboxylic acids is 2. The smallest absolute Gasteiger partial charge is 0.338 e. The maximum Gasteiger partial charge on any atom is 0.338 e. The van der Waals surface area contributed by atoms with Crippen molar-refractivity contribution in [1.29, 1.82) is 0 Å². The number of carbonyl (C=O) groups is 2. The van der Waals surface area contributed by atoms with Gasteiger partial charge >= 0.3 is 5.97 Å². The van der Waals surface area contributed by atoms with Crippen LogP contribution in [-0.4, -0.2) is 27.5 Å². The highest BCUT2D eigenvalue weighted by atomic mass is 19.1. The van der Waals surface area contributed by atoms with Crippen LogP contribution in [0.5, 0.6) is 0 Å². The van der Waals surface area contributed by atoms with Gasteiger partial charge in [0, 0.05) is 18.7 Å². The largest absolute Gasteiger partial charge is 0.448 e. The predicted molar refractivity (Wildman–Crippen MR) is 127 cm³/mol. The van der Waals surface area contributed by atoms with E-state index in [2.05, 4.69) is 10.3 Å². The van der Waals surface area contributed by atoms with Gasteiger partial charge in [0.15, 0.2) is 6.10 Å². The number of benzene rings is 2. The summed E-state index contributed by atoms with van der Waals surface area (Å²) in [4.78, 5) is 43.3. The molecule has 0 fully saturated rings. The first-order chi connectivity index (χ1) is 16.3. The van der Waals surface area contributed by atoms with Crippen molar-refractivity contribution in [1.82, 2.24) is 9.55 Å². The van der Waals surface area contributed by atoms with Gasteiger partial charge in [0.25, 0.3) is 11.5 Å². The molecule has 0 bridgehead atoms. The fourth-order valence-corrected chi connectivity index (χ4v) is 4.14. The standard InChI is InChI=1S/C26H28FN3O4/c1-16(2)23(24(31)28-19-11-9-18(27)10-12-19)34-26(33)17-8-13-20-21(15-17)29-22-7-5-3-4-6-14-30(22)25(20)32/h8-13,15-16,23H,3-7,14H2,1-2H3,(H,28,31). The van der Waals surface area contributed by atoms with Crippen molar-refractivity contribution in [3.8, 4) is 0 Å². The molecule has 1 aromatic heterocycles. The summed E-state index contributed by atoms with van der Waals surface area (Å²) in [6.07, 6.45) is 3.79. The van der Waals surface area contributed by atoms with E-state index in [9.17, 15) is 18.8 Å². The molecule has 0 saturated heterocycles. The summed E-state index contributed by atoms with van der Waals surface area (Å²) in [7, 11) is 0. The van der Waals surface area contributed by atoms with Gasteiger partial charge in [-0.15, -0.1) is 0 Å². The van der Waals surface area contributed by atoms with Crippen LogP contribution in [0.25, 0.3) is 10.9 Å². The van der Waals surface area contributed by atoms with Crippen LogP contribution < -0.4 is 10.9 Å². The van der Waals surface area contributed by atoms with E-state index in [1.807, 2.05) is 0 Å². The minimum atomic E-state index is -1.05. The molecular formula is C26H28FN3O4. The second-order valence-corrected chi connectivity index (χ2v) is 8.95. The number of amides is 1. The van der Waals surface area contributed by atoms with Crippen LogP contribution in [0.3, 0.4) is 0 Å². The van der Waals surface area contributed by atoms with Crippen molar-refractivity contribution in [3.05, 3.63) is 70.0 Å². The van der Waals surface area contributed by atoms with Gasteiger partial charge in [-0.05, 0) is 61.2 Å². The summed E-state index contributed by atoms with van der Waals surface area (Å²) in [6.45, 7) is 4.19. The Morgan fingerprint density at radius 3 is 2.53 bits per heavy atom. The number of hydrogen-bond acceptors (Lipinski definition) is 5. The van der Waals surface area contributed by atoms with Gasteiger partial charge in [-0.2, -0.15) is 0 Å². The van der Waals surface area contributed by atoms with Crippen LogP contribution in [0.2, 0.25) is 0 Å². The normalized spacial score (nSPS) is 14.7. The second kappa shape index (κ2) is 10.2. The summed E-state index contributed by atoms with van der Waals surface area (Å²) in [5, 5.41) is 3.10. The maximum atomic E-state index is 13.1. The lowest BCUT2D eigenvalue weighted by Gasteiger charge is -2.21. The Hall–Kier alpha value is -3.55. The number of ether oxygens (including phenoxy) is 1. The molecule has 1 aliphatic heterocycles. The van der Waals surface area contributed by atoms with Gasteiger partial charge in [0.05, 0.1) is 16.5 Å². The third kappa shape index (κ3) is 5.16. The molecule has 0 aliphatic carbocycles. The van der Waals surface area contributed by atoms with E-state index in [-0.39, 0.29) is 17.0 Å². The maximum absolute atomic E-state index is 13.1. The lowest BCUT2D eigenvalue weighted by Crippen LogP contribution is -2.36. The van der Waals surface area contributed by atoms with E-state index in [1.54, 1.807) is 30.5 Å². The van der Waals surface area contributed by atoms with Crippen LogP contribution in [0, 0.1) is 11.7 Å². The van der Waals surface area contributed by atoms with E-state index in [0.29, 0.717) is 23.1 Å². The first-order valence-electron chi connectivity index (χ1n) is 11.6. The Labute approximate surface area is 197 Å². The zero-order valence-electron chi connectivity index (χ0n) is 19.3. The lowest BCUT2D eigenvalue weighted by molar-refractivity contribution is -0.126. The molecular weight excluding hydrogens is 437 g/mol. The predicted octanol–water partition coefficient (Wildman–Crippen LogP) is 4.47. The molecule has 1 aliphatic rings. The van der Waals surface area contributed by atoms with Crippen LogP contribution in [-0.2, 0) is 22.5 Å². The molecule has 34 heavy (non-hydrogen) atoms. The fourth-order valence-electron chi connectivity index (χ4n) is 4.14. The highest BCUT2D eigenvalue weighted by Crippen LogP contribution is 2.19. The SMILES string of the molecule is CC(C)C(OC(=O)c1ccc2c(=O)n3c(nc2c1)CCCCCC3)C(=O)Nc1ccc(F)cc1. The fraction of sp³-hybridized carbons (Fsp3) is 0.385. The van der Waals surface area contributed by atoms with E-state index in [4.69, 9.17) is 4.74 Å². The van der Waals surface area contributed by atoms with Gasteiger partial charge in [-0.1, -0.05) is 26.7 Å². The first-order valence-corrected chi connectivity index (χ1v) is 11.6. The van der Waals surface area contributed by atoms with E-state index < -0.39 is 23.8 Å². The quantitative estimate of drug-likeness (QED) is 0.562. The van der Waals surface area contributed by atoms with Gasteiger partial charge < -0.3 is 10.1 Å². The third-order valence-electron chi connectivity index (χ3n) is 6.01. The van der Waals surface area contributed by atoms with Gasteiger partial charge in [0.2, 0.25) is 0 Å². The topological polar surface area (TPSA) is 90.3 Å². The monoisotopic (exact) mass is 465 g/mol. The number of nitrogens with one attached hydrogen (secondary N) is 1. The van der Waals surface area contributed by atoms with Crippen molar-refractivity contribution in [2.45, 2.75) is 58.6 Å². The molecule has 7 nitrogen and oxygen atoms in total. The molecule has 2 aromatic carbocycles. The summed E-state index contributed by atoms with van der Waals surface area (Å²) in [5.41, 5.74) is 0.971. The molecule has 0 spiro atoms. The number of halogens is 1. The first kappa shape index (κ1) is 23.6. The van der Waals surface area contributed by atoms with Crippen molar-refractivity contribution in [2.75, 3.05) is 5.32 Å². The molecule has 2 heterocycles. The average molecular weight is 466 g/mol. The highest BCUT2D eigenvalue weighted by Gasteiger charge is 2.27. The molecule has 4 rings (SSSR count). The van der Waals surface area contributed by atoms with E-state index >= 15 is 0 Å². The number of fused-ring (bicyclic) bond motifs is 2. The van der Waals surface area contributed by atoms with E-state index in [1.165, 1.54) is 30.3 Å². The summed E-state index contributed by atoms with van der Waals surface area (Å²) in [6, 6.07) is 10.0. The Morgan fingerprint density at radius 2 is 1.79 bits per heavy atom. The molecule has 178 valence electrons. The van der Waals surface area contributed by atoms with Crippen LogP contribution in [0.15, 0.2) is 47.3 Å². The van der Waals surface area contributed by atoms with Crippen LogP contribution >= 0.6 is 0 Å². The van der Waals surface area contributed by atoms with Crippen molar-refractivity contribution in [2.24, 2.45) is 5.92 Å². The zero-order chi connectivity index (χ0) is 24.2. The van der Waals surface area contributed by atoms with Gasteiger partial charge in [0.1, 0.15) is 11.6 Å². The number of anilines is 1. The van der Waals surface area contributed by atoms with Gasteiger partial charge in [-0.25, -0.2) is 14.2 Å². The summed E-state index contributed by atoms with van der Waals surface area (Å²) in [5.74, 6) is -1.16. The van der Waals surface area contributed by atoms with Crippen LogP contribution in [0.4, 0.5) is 10.1 Å². The highest BCUT2D eigenvalue weighted by molar-refractivity contribution is 5.99. The molecule has 1 N–H and O–H groups in total. The Morgan fingerprint density at radius 1 is 1.06 bits per heavy atom. The average Bonchev–Trinajstić information content (AvgIpc) is 2.79. The summed E-state index contributed by atoms with van der Waals surface area (Å²) >= 11 is 0. The number of nitrogens with zero attached hydrogens (tertiary/aromatic N) is 2. The number of esters is 1. The van der Waals surface area contributed by atoms with Crippen LogP contribution in [0.1, 0.15) is 55.7 Å². The van der Waals surface area contributed by atoms with Crippen molar-refractivity contribution in [3.63, 3.8) is 0 Å². The van der Waals surface area contributed by atoms with E-state index in [0.717, 1.165) is 37.9 Å². The lowest BCUT2D eigenvalue weighted by atomic mass is 10.1. The number of aryl methyl sites for hydroxylation is 1. The molecule has 3 aromatic rings. The number of aromatic nitrogens is 2. The minimum Gasteiger partial charge on any atom is -0.448 e. The Balaban J connectivity index is 1.56. The molecule has 0 radical (unpaired) electrons. The third-order valence-corrected chi connectivity index (χ3v) is 6.01. The number of hydrogen-bond donors (Lipinski definition) is 1. The molecule has 0 saturated carbocycles. The number of rotatable bonds is 5. The molecule has 1 atom stereocenters. The van der Waals surface area contributed by atoms with Crippen molar-refractivity contribution < 1.29 is 18.7 Å². The molecule has 1 unspecified atom stereocenters. The summed E-state index contributed by atoms with van der Waals surface area (Å²) < 4.78 is 20.4. The molecule has 8 heteroatoms. The molecule has 1 amide bonds. The Kier molecular flexibility index (Phi) is 7.05.